The van der Waals surface area contributed by atoms with Crippen molar-refractivity contribution in [1.29, 1.82) is 0 Å². The first-order valence-corrected chi connectivity index (χ1v) is 10.3. The van der Waals surface area contributed by atoms with Crippen LogP contribution >= 0.6 is 0 Å². The molecule has 0 aromatic heterocycles. The summed E-state index contributed by atoms with van der Waals surface area (Å²) in [5.74, 6) is 0.888. The van der Waals surface area contributed by atoms with Gasteiger partial charge in [0.05, 0.1) is 19.8 Å². The van der Waals surface area contributed by atoms with Crippen molar-refractivity contribution in [2.45, 2.75) is 77.6 Å². The number of benzene rings is 1. The van der Waals surface area contributed by atoms with Crippen LogP contribution in [0.25, 0.3) is 0 Å². The first-order chi connectivity index (χ1) is 12.4. The second-order valence-electron chi connectivity index (χ2n) is 6.76. The average molecular weight is 351 g/mol. The second kappa shape index (κ2) is 16.4. The van der Waals surface area contributed by atoms with E-state index in [2.05, 4.69) is 19.1 Å². The Morgan fingerprint density at radius 1 is 0.720 bits per heavy atom. The van der Waals surface area contributed by atoms with Crippen LogP contribution in [-0.4, -0.2) is 31.5 Å². The van der Waals surface area contributed by atoms with E-state index in [0.717, 1.165) is 12.2 Å². The lowest BCUT2D eigenvalue weighted by Gasteiger charge is -2.08. The summed E-state index contributed by atoms with van der Waals surface area (Å²) >= 11 is 0. The number of aliphatic hydroxyl groups excluding tert-OH is 1. The summed E-state index contributed by atoms with van der Waals surface area (Å²) in [6.45, 7) is 3.75. The molecule has 0 aliphatic carbocycles. The van der Waals surface area contributed by atoms with Crippen molar-refractivity contribution in [2.24, 2.45) is 0 Å². The van der Waals surface area contributed by atoms with Gasteiger partial charge in [-0.2, -0.15) is 0 Å². The van der Waals surface area contributed by atoms with Crippen molar-refractivity contribution in [2.75, 3.05) is 26.4 Å². The molecule has 1 aromatic carbocycles. The van der Waals surface area contributed by atoms with Gasteiger partial charge in [0.2, 0.25) is 0 Å². The summed E-state index contributed by atoms with van der Waals surface area (Å²) in [5, 5.41) is 8.62. The Bertz CT molecular complexity index is 389. The van der Waals surface area contributed by atoms with Crippen molar-refractivity contribution < 1.29 is 14.6 Å². The largest absolute Gasteiger partial charge is 0.491 e. The zero-order chi connectivity index (χ0) is 18.0. The van der Waals surface area contributed by atoms with Crippen molar-refractivity contribution in [3.05, 3.63) is 29.8 Å². The molecule has 0 spiro atoms. The van der Waals surface area contributed by atoms with E-state index in [1.165, 1.54) is 69.8 Å². The molecule has 0 amide bonds. The number of unbranched alkanes of at least 4 members (excludes halogenated alkanes) is 9. The van der Waals surface area contributed by atoms with Crippen LogP contribution in [0.3, 0.4) is 0 Å². The number of hydrogen-bond acceptors (Lipinski definition) is 3. The molecule has 0 saturated heterocycles. The van der Waals surface area contributed by atoms with Crippen molar-refractivity contribution in [3.8, 4) is 5.75 Å². The van der Waals surface area contributed by atoms with Gasteiger partial charge in [-0.25, -0.2) is 0 Å². The van der Waals surface area contributed by atoms with E-state index >= 15 is 0 Å². The molecule has 0 heterocycles. The molecule has 3 nitrogen and oxygen atoms in total. The summed E-state index contributed by atoms with van der Waals surface area (Å²) in [4.78, 5) is 0. The summed E-state index contributed by atoms with van der Waals surface area (Å²) in [6.07, 6.45) is 15.0. The third-order valence-electron chi connectivity index (χ3n) is 4.47. The number of ether oxygens (including phenoxy) is 2. The molecule has 0 aliphatic rings. The summed E-state index contributed by atoms with van der Waals surface area (Å²) in [6, 6.07) is 8.41. The Morgan fingerprint density at radius 3 is 1.92 bits per heavy atom. The number of aryl methyl sites for hydroxylation is 1. The lowest BCUT2D eigenvalue weighted by Crippen LogP contribution is -2.09. The molecule has 0 atom stereocenters. The minimum Gasteiger partial charge on any atom is -0.491 e. The van der Waals surface area contributed by atoms with Gasteiger partial charge in [0.25, 0.3) is 0 Å². The van der Waals surface area contributed by atoms with Gasteiger partial charge in [0.15, 0.2) is 0 Å². The summed E-state index contributed by atoms with van der Waals surface area (Å²) < 4.78 is 10.8. The van der Waals surface area contributed by atoms with Gasteiger partial charge in [-0.3, -0.25) is 0 Å². The van der Waals surface area contributed by atoms with Crippen LogP contribution in [0.4, 0.5) is 0 Å². The predicted octanol–water partition coefficient (Wildman–Crippen LogP) is 5.54. The van der Waals surface area contributed by atoms with Gasteiger partial charge in [-0.05, 0) is 30.5 Å². The van der Waals surface area contributed by atoms with Crippen LogP contribution in [0.2, 0.25) is 0 Å². The second-order valence-corrected chi connectivity index (χ2v) is 6.76. The molecule has 0 saturated carbocycles. The van der Waals surface area contributed by atoms with E-state index in [9.17, 15) is 0 Å². The average Bonchev–Trinajstić information content (AvgIpc) is 2.64. The van der Waals surface area contributed by atoms with Crippen molar-refractivity contribution >= 4 is 0 Å². The highest BCUT2D eigenvalue weighted by Gasteiger charge is 1.98. The minimum atomic E-state index is 0.0632. The zero-order valence-corrected chi connectivity index (χ0v) is 16.2. The van der Waals surface area contributed by atoms with E-state index in [4.69, 9.17) is 14.6 Å². The van der Waals surface area contributed by atoms with Crippen LogP contribution < -0.4 is 4.74 Å². The van der Waals surface area contributed by atoms with E-state index in [1.54, 1.807) is 0 Å². The maximum absolute atomic E-state index is 8.62. The minimum absolute atomic E-state index is 0.0632. The maximum Gasteiger partial charge on any atom is 0.119 e. The number of aliphatic hydroxyl groups is 1. The Labute approximate surface area is 154 Å². The molecule has 0 bridgehead atoms. The molecule has 1 rings (SSSR count). The summed E-state index contributed by atoms with van der Waals surface area (Å²) in [7, 11) is 0. The first kappa shape index (κ1) is 22.0. The fraction of sp³-hybridized carbons (Fsp3) is 0.727. The van der Waals surface area contributed by atoms with Gasteiger partial charge in [-0.15, -0.1) is 0 Å². The Morgan fingerprint density at radius 2 is 1.32 bits per heavy atom. The van der Waals surface area contributed by atoms with Crippen molar-refractivity contribution in [1.82, 2.24) is 0 Å². The van der Waals surface area contributed by atoms with Crippen LogP contribution in [0, 0.1) is 0 Å². The predicted molar refractivity (Wildman–Crippen MR) is 105 cm³/mol. The quantitative estimate of drug-likeness (QED) is 0.375. The SMILES string of the molecule is CCCCCCCCCCCCc1ccc(OCCOCCO)cc1. The van der Waals surface area contributed by atoms with Gasteiger partial charge >= 0.3 is 0 Å². The van der Waals surface area contributed by atoms with E-state index in [-0.39, 0.29) is 6.61 Å². The monoisotopic (exact) mass is 350 g/mol. The molecule has 0 radical (unpaired) electrons. The van der Waals surface area contributed by atoms with Crippen LogP contribution in [0.1, 0.15) is 76.7 Å². The lowest BCUT2D eigenvalue weighted by molar-refractivity contribution is 0.0705. The van der Waals surface area contributed by atoms with Crippen molar-refractivity contribution in [3.63, 3.8) is 0 Å². The third kappa shape index (κ3) is 12.9. The Hall–Kier alpha value is -1.06. The normalized spacial score (nSPS) is 11.0. The maximum atomic E-state index is 8.62. The number of rotatable bonds is 17. The van der Waals surface area contributed by atoms with Crippen LogP contribution in [0.5, 0.6) is 5.75 Å². The highest BCUT2D eigenvalue weighted by Crippen LogP contribution is 2.15. The first-order valence-electron chi connectivity index (χ1n) is 10.3. The molecule has 25 heavy (non-hydrogen) atoms. The molecule has 3 heteroatoms. The standard InChI is InChI=1S/C22H38O3/c1-2-3-4-5-6-7-8-9-10-11-12-21-13-15-22(16-14-21)25-20-19-24-18-17-23/h13-16,23H,2-12,17-20H2,1H3. The lowest BCUT2D eigenvalue weighted by atomic mass is 10.0. The Kier molecular flexibility index (Phi) is 14.4. The highest BCUT2D eigenvalue weighted by molar-refractivity contribution is 5.27. The van der Waals surface area contributed by atoms with E-state index < -0.39 is 0 Å². The molecule has 1 N–H and O–H groups in total. The molecule has 0 unspecified atom stereocenters. The smallest absolute Gasteiger partial charge is 0.119 e. The van der Waals surface area contributed by atoms with E-state index in [1.807, 2.05) is 12.1 Å². The molecular weight excluding hydrogens is 312 g/mol. The topological polar surface area (TPSA) is 38.7 Å². The van der Waals surface area contributed by atoms with E-state index in [0.29, 0.717) is 19.8 Å². The van der Waals surface area contributed by atoms with Crippen LogP contribution in [0.15, 0.2) is 24.3 Å². The van der Waals surface area contributed by atoms with Gasteiger partial charge in [0.1, 0.15) is 12.4 Å². The van der Waals surface area contributed by atoms with Gasteiger partial charge < -0.3 is 14.6 Å². The molecule has 0 fully saturated rings. The fourth-order valence-corrected chi connectivity index (χ4v) is 2.95. The number of hydrogen-bond donors (Lipinski definition) is 1. The third-order valence-corrected chi connectivity index (χ3v) is 4.47. The molecular formula is C22H38O3. The fourth-order valence-electron chi connectivity index (χ4n) is 2.95. The molecule has 1 aromatic rings. The molecule has 144 valence electrons. The Balaban J connectivity index is 1.97. The molecule has 0 aliphatic heterocycles. The van der Waals surface area contributed by atoms with Gasteiger partial charge in [-0.1, -0.05) is 76.8 Å². The summed E-state index contributed by atoms with van der Waals surface area (Å²) in [5.41, 5.74) is 1.39. The highest BCUT2D eigenvalue weighted by atomic mass is 16.5. The zero-order valence-electron chi connectivity index (χ0n) is 16.2. The van der Waals surface area contributed by atoms with Gasteiger partial charge in [0, 0.05) is 0 Å². The van der Waals surface area contributed by atoms with Crippen LogP contribution in [-0.2, 0) is 11.2 Å².